The molecule has 0 saturated carbocycles. The van der Waals surface area contributed by atoms with E-state index in [1.807, 2.05) is 58.9 Å². The van der Waals surface area contributed by atoms with Crippen molar-refractivity contribution >= 4 is 27.3 Å². The molecule has 1 aliphatic rings. The van der Waals surface area contributed by atoms with Crippen LogP contribution in [-0.2, 0) is 14.8 Å². The van der Waals surface area contributed by atoms with E-state index in [0.717, 1.165) is 33.8 Å². The lowest BCUT2D eigenvalue weighted by molar-refractivity contribution is 0.0730. The Balaban J connectivity index is 1.68. The van der Waals surface area contributed by atoms with Gasteiger partial charge in [0.25, 0.3) is 5.91 Å². The Bertz CT molecular complexity index is 1700. The van der Waals surface area contributed by atoms with Crippen molar-refractivity contribution in [2.45, 2.75) is 46.4 Å². The molecule has 1 fully saturated rings. The average Bonchev–Trinajstić information content (AvgIpc) is 3.26. The largest absolute Gasteiger partial charge is 0.379 e. The molecule has 0 bridgehead atoms. The van der Waals surface area contributed by atoms with Crippen molar-refractivity contribution in [1.82, 2.24) is 18.9 Å². The number of carbonyl (C=O) groups is 1. The number of anilines is 1. The molecule has 1 amide bonds. The number of amides is 1. The minimum Gasteiger partial charge on any atom is -0.379 e. The first kappa shape index (κ1) is 27.0. The van der Waals surface area contributed by atoms with Gasteiger partial charge in [0.1, 0.15) is 0 Å². The van der Waals surface area contributed by atoms with Gasteiger partial charge in [-0.2, -0.15) is 9.40 Å². The third-order valence-corrected chi connectivity index (χ3v) is 9.13. The summed E-state index contributed by atoms with van der Waals surface area (Å²) in [5, 5.41) is 7.72. The van der Waals surface area contributed by atoms with E-state index in [0.29, 0.717) is 48.6 Å². The third-order valence-electron chi connectivity index (χ3n) is 7.09. The molecule has 0 unspecified atom stereocenters. The minimum atomic E-state index is -3.77. The van der Waals surface area contributed by atoms with Gasteiger partial charge in [0, 0.05) is 30.2 Å². The number of nitrogens with zero attached hydrogens (tertiary/aromatic N) is 4. The molecule has 2 aromatic carbocycles. The van der Waals surface area contributed by atoms with Crippen LogP contribution in [0.15, 0.2) is 41.3 Å². The zero-order chi connectivity index (χ0) is 28.1. The molecular formula is C29H33N5O4S. The second-order valence-electron chi connectivity index (χ2n) is 10.2. The van der Waals surface area contributed by atoms with Crippen molar-refractivity contribution < 1.29 is 17.9 Å². The fourth-order valence-corrected chi connectivity index (χ4v) is 6.91. The molecule has 1 N–H and O–H groups in total. The predicted octanol–water partition coefficient (Wildman–Crippen LogP) is 4.52. The summed E-state index contributed by atoms with van der Waals surface area (Å²) >= 11 is 0. The van der Waals surface area contributed by atoms with Crippen molar-refractivity contribution in [1.29, 1.82) is 0 Å². The van der Waals surface area contributed by atoms with Crippen LogP contribution < -0.4 is 5.32 Å². The molecule has 4 aromatic rings. The molecule has 0 radical (unpaired) electrons. The average molecular weight is 548 g/mol. The Hall–Kier alpha value is -3.60. The molecule has 204 valence electrons. The maximum Gasteiger partial charge on any atom is 0.276 e. The van der Waals surface area contributed by atoms with Crippen molar-refractivity contribution in [2.24, 2.45) is 0 Å². The van der Waals surface area contributed by atoms with E-state index in [2.05, 4.69) is 10.4 Å². The SMILES string of the molecule is Cc1cc(C)c(NC(=O)c2nn3c(C)cc(C)nc3c2-c2ccc(C)c(S(=O)(=O)N3CCOCC3)c2)c(C)c1. The van der Waals surface area contributed by atoms with Crippen molar-refractivity contribution in [3.63, 3.8) is 0 Å². The summed E-state index contributed by atoms with van der Waals surface area (Å²) in [6.45, 7) is 12.8. The molecule has 1 aliphatic heterocycles. The summed E-state index contributed by atoms with van der Waals surface area (Å²) in [5.41, 5.74) is 7.66. The van der Waals surface area contributed by atoms with E-state index in [1.54, 1.807) is 23.6 Å². The van der Waals surface area contributed by atoms with Gasteiger partial charge in [-0.1, -0.05) is 29.8 Å². The number of ether oxygens (including phenoxy) is 1. The first-order valence-corrected chi connectivity index (χ1v) is 14.4. The fraction of sp³-hybridized carbons (Fsp3) is 0.345. The van der Waals surface area contributed by atoms with Crippen LogP contribution in [-0.4, -0.2) is 59.5 Å². The highest BCUT2D eigenvalue weighted by atomic mass is 32.2. The van der Waals surface area contributed by atoms with Gasteiger partial charge < -0.3 is 10.1 Å². The number of hydrogen-bond acceptors (Lipinski definition) is 6. The molecule has 39 heavy (non-hydrogen) atoms. The van der Waals surface area contributed by atoms with Crippen LogP contribution in [0.3, 0.4) is 0 Å². The lowest BCUT2D eigenvalue weighted by Crippen LogP contribution is -2.40. The summed E-state index contributed by atoms with van der Waals surface area (Å²) in [4.78, 5) is 18.7. The van der Waals surface area contributed by atoms with Crippen LogP contribution in [0.25, 0.3) is 16.8 Å². The van der Waals surface area contributed by atoms with Gasteiger partial charge in [0.05, 0.1) is 23.7 Å². The quantitative estimate of drug-likeness (QED) is 0.394. The van der Waals surface area contributed by atoms with Crippen LogP contribution in [0.1, 0.15) is 44.1 Å². The van der Waals surface area contributed by atoms with Gasteiger partial charge in [-0.25, -0.2) is 17.9 Å². The fourth-order valence-electron chi connectivity index (χ4n) is 5.26. The minimum absolute atomic E-state index is 0.175. The second-order valence-corrected chi connectivity index (χ2v) is 12.1. The van der Waals surface area contributed by atoms with Crippen LogP contribution >= 0.6 is 0 Å². The zero-order valence-corrected chi connectivity index (χ0v) is 23.9. The number of fused-ring (bicyclic) bond motifs is 1. The molecule has 0 spiro atoms. The van der Waals surface area contributed by atoms with E-state index in [1.165, 1.54) is 4.31 Å². The van der Waals surface area contributed by atoms with Gasteiger partial charge in [-0.15, -0.1) is 0 Å². The number of benzene rings is 2. The summed E-state index contributed by atoms with van der Waals surface area (Å²) in [7, 11) is -3.77. The number of nitrogens with one attached hydrogen (secondary N) is 1. The molecule has 10 heteroatoms. The first-order valence-electron chi connectivity index (χ1n) is 12.9. The number of aromatic nitrogens is 3. The number of morpholine rings is 1. The Morgan fingerprint density at radius 1 is 0.923 bits per heavy atom. The maximum atomic E-state index is 13.8. The van der Waals surface area contributed by atoms with Crippen LogP contribution in [0.2, 0.25) is 0 Å². The Morgan fingerprint density at radius 3 is 2.26 bits per heavy atom. The number of carbonyl (C=O) groups excluding carboxylic acids is 1. The molecule has 0 aliphatic carbocycles. The van der Waals surface area contributed by atoms with Crippen molar-refractivity contribution in [3.05, 3.63) is 75.7 Å². The van der Waals surface area contributed by atoms with Gasteiger partial charge in [0.15, 0.2) is 11.3 Å². The highest BCUT2D eigenvalue weighted by Gasteiger charge is 2.30. The Morgan fingerprint density at radius 2 is 1.59 bits per heavy atom. The van der Waals surface area contributed by atoms with E-state index in [-0.39, 0.29) is 16.5 Å². The van der Waals surface area contributed by atoms with Gasteiger partial charge >= 0.3 is 0 Å². The first-order chi connectivity index (χ1) is 18.5. The second kappa shape index (κ2) is 10.2. The van der Waals surface area contributed by atoms with Gasteiger partial charge in [-0.3, -0.25) is 4.79 Å². The molecule has 1 saturated heterocycles. The van der Waals surface area contributed by atoms with Gasteiger partial charge in [-0.05, 0) is 75.9 Å². The summed E-state index contributed by atoms with van der Waals surface area (Å²) < 4.78 is 35.7. The summed E-state index contributed by atoms with van der Waals surface area (Å²) in [6, 6.07) is 11.2. The molecule has 3 heterocycles. The third kappa shape index (κ3) is 4.95. The Labute approximate surface area is 228 Å². The van der Waals surface area contributed by atoms with Crippen LogP contribution in [0, 0.1) is 41.5 Å². The molecule has 9 nitrogen and oxygen atoms in total. The number of aryl methyl sites for hydroxylation is 6. The summed E-state index contributed by atoms with van der Waals surface area (Å²) in [6.07, 6.45) is 0. The number of sulfonamides is 1. The van der Waals surface area contributed by atoms with Crippen LogP contribution in [0.5, 0.6) is 0 Å². The zero-order valence-electron chi connectivity index (χ0n) is 23.1. The lowest BCUT2D eigenvalue weighted by Gasteiger charge is -2.26. The van der Waals surface area contributed by atoms with Gasteiger partial charge in [0.2, 0.25) is 10.0 Å². The lowest BCUT2D eigenvalue weighted by atomic mass is 10.0. The monoisotopic (exact) mass is 547 g/mol. The Kier molecular flexibility index (Phi) is 7.04. The smallest absolute Gasteiger partial charge is 0.276 e. The number of hydrogen-bond donors (Lipinski definition) is 1. The predicted molar refractivity (Wildman–Crippen MR) is 151 cm³/mol. The molecule has 0 atom stereocenters. The molecular weight excluding hydrogens is 514 g/mol. The van der Waals surface area contributed by atoms with Crippen molar-refractivity contribution in [3.8, 4) is 11.1 Å². The van der Waals surface area contributed by atoms with E-state index < -0.39 is 10.0 Å². The maximum absolute atomic E-state index is 13.8. The highest BCUT2D eigenvalue weighted by Crippen LogP contribution is 2.33. The van der Waals surface area contributed by atoms with Crippen molar-refractivity contribution in [2.75, 3.05) is 31.6 Å². The van der Waals surface area contributed by atoms with E-state index in [9.17, 15) is 13.2 Å². The summed E-state index contributed by atoms with van der Waals surface area (Å²) in [5.74, 6) is -0.388. The van der Waals surface area contributed by atoms with Crippen LogP contribution in [0.4, 0.5) is 5.69 Å². The van der Waals surface area contributed by atoms with E-state index in [4.69, 9.17) is 9.72 Å². The highest BCUT2D eigenvalue weighted by molar-refractivity contribution is 7.89. The standard InChI is InChI=1S/C29H33N5O4S/c1-17-13-19(3)26(20(4)14-17)31-29(35)27-25(28-30-21(5)15-22(6)34(28)32-27)23-8-7-18(2)24(16-23)39(36,37)33-9-11-38-12-10-33/h7-8,13-16H,9-12H2,1-6H3,(H,31,35). The topological polar surface area (TPSA) is 106 Å². The molecule has 2 aromatic heterocycles. The number of rotatable bonds is 5. The van der Waals surface area contributed by atoms with E-state index >= 15 is 0 Å². The normalized spacial score (nSPS) is 14.6. The molecule has 5 rings (SSSR count).